The molecule has 1 N–H and O–H groups in total. The van der Waals surface area contributed by atoms with Gasteiger partial charge >= 0.3 is 0 Å². The van der Waals surface area contributed by atoms with Crippen LogP contribution in [-0.4, -0.2) is 33.5 Å². The molecule has 0 aliphatic rings. The van der Waals surface area contributed by atoms with Crippen LogP contribution >= 0.6 is 0 Å². The Labute approximate surface area is 154 Å². The second-order valence-electron chi connectivity index (χ2n) is 6.35. The highest BCUT2D eigenvalue weighted by molar-refractivity contribution is 7.89. The lowest BCUT2D eigenvalue weighted by atomic mass is 10.2. The molecule has 0 saturated carbocycles. The summed E-state index contributed by atoms with van der Waals surface area (Å²) in [7, 11) is -1.59. The van der Waals surface area contributed by atoms with E-state index < -0.39 is 10.0 Å². The van der Waals surface area contributed by atoms with Crippen molar-refractivity contribution in [3.8, 4) is 0 Å². The van der Waals surface area contributed by atoms with Gasteiger partial charge in [0.1, 0.15) is 4.90 Å². The summed E-state index contributed by atoms with van der Waals surface area (Å²) in [4.78, 5) is 6.65. The van der Waals surface area contributed by atoms with Crippen LogP contribution in [0.15, 0.2) is 65.7 Å². The number of aryl methyl sites for hydroxylation is 1. The second-order valence-corrected chi connectivity index (χ2v) is 8.08. The Balaban J connectivity index is 1.65. The zero-order valence-corrected chi connectivity index (χ0v) is 15.8. The van der Waals surface area contributed by atoms with Gasteiger partial charge in [-0.2, -0.15) is 0 Å². The second kappa shape index (κ2) is 7.85. The number of pyridine rings is 1. The van der Waals surface area contributed by atoms with Crippen LogP contribution in [0.3, 0.4) is 0 Å². The molecule has 0 amide bonds. The van der Waals surface area contributed by atoms with E-state index in [1.807, 2.05) is 56.4 Å². The molecule has 3 aromatic rings. The Morgan fingerprint density at radius 1 is 1.08 bits per heavy atom. The number of hydrogen-bond donors (Lipinski definition) is 1. The summed E-state index contributed by atoms with van der Waals surface area (Å²) in [5, 5.41) is 0.830. The minimum Gasteiger partial charge on any atom is -0.375 e. The normalized spacial score (nSPS) is 11.6. The first-order valence-electron chi connectivity index (χ1n) is 8.58. The zero-order chi connectivity index (χ0) is 18.6. The monoisotopic (exact) mass is 369 g/mol. The summed E-state index contributed by atoms with van der Waals surface area (Å²) >= 11 is 0. The molecule has 0 bridgehead atoms. The van der Waals surface area contributed by atoms with Gasteiger partial charge < -0.3 is 4.90 Å². The van der Waals surface area contributed by atoms with Crippen molar-refractivity contribution in [3.63, 3.8) is 0 Å². The molecule has 3 rings (SSSR count). The maximum Gasteiger partial charge on any atom is 0.242 e. The molecule has 0 aliphatic carbocycles. The Bertz CT molecular complexity index is 988. The zero-order valence-electron chi connectivity index (χ0n) is 15.0. The van der Waals surface area contributed by atoms with Crippen LogP contribution in [0.1, 0.15) is 12.0 Å². The minimum atomic E-state index is -3.59. The molecule has 1 aromatic heterocycles. The molecule has 0 spiro atoms. The first kappa shape index (κ1) is 18.4. The lowest BCUT2D eigenvalue weighted by molar-refractivity contribution is 0.579. The van der Waals surface area contributed by atoms with Crippen LogP contribution in [0.4, 0.5) is 5.69 Å². The standard InChI is InChI=1S/C20H23N3O2S/c1-16-14-17-8-6-11-19(20(17)21-15-16)26(24,25)22-12-7-13-23(2)18-9-4-3-5-10-18/h3-6,8-11,14-15,22H,7,12-13H2,1-2H3. The number of rotatable bonds is 7. The third kappa shape index (κ3) is 4.20. The third-order valence-electron chi connectivity index (χ3n) is 4.26. The van der Waals surface area contributed by atoms with Crippen molar-refractivity contribution in [2.24, 2.45) is 0 Å². The summed E-state index contributed by atoms with van der Waals surface area (Å²) in [6, 6.07) is 17.2. The Morgan fingerprint density at radius 2 is 1.85 bits per heavy atom. The number of anilines is 1. The molecule has 0 aliphatic heterocycles. The molecule has 0 saturated heterocycles. The number of nitrogens with zero attached hydrogens (tertiary/aromatic N) is 2. The molecule has 26 heavy (non-hydrogen) atoms. The average molecular weight is 369 g/mol. The van der Waals surface area contributed by atoms with Gasteiger partial charge in [0.2, 0.25) is 10.0 Å². The molecular formula is C20H23N3O2S. The topological polar surface area (TPSA) is 62.3 Å². The van der Waals surface area contributed by atoms with Crippen molar-refractivity contribution in [3.05, 3.63) is 66.4 Å². The molecule has 136 valence electrons. The van der Waals surface area contributed by atoms with E-state index in [1.165, 1.54) is 0 Å². The van der Waals surface area contributed by atoms with Gasteiger partial charge in [-0.1, -0.05) is 30.3 Å². The predicted molar refractivity (Wildman–Crippen MR) is 106 cm³/mol. The molecule has 0 radical (unpaired) electrons. The lowest BCUT2D eigenvalue weighted by Gasteiger charge is -2.19. The molecule has 6 heteroatoms. The first-order valence-corrected chi connectivity index (χ1v) is 10.1. The van der Waals surface area contributed by atoms with E-state index in [0.717, 1.165) is 23.2 Å². The Morgan fingerprint density at radius 3 is 2.62 bits per heavy atom. The van der Waals surface area contributed by atoms with Crippen LogP contribution < -0.4 is 9.62 Å². The van der Waals surface area contributed by atoms with Crippen molar-refractivity contribution < 1.29 is 8.42 Å². The largest absolute Gasteiger partial charge is 0.375 e. The number of aromatic nitrogens is 1. The first-order chi connectivity index (χ1) is 12.5. The van der Waals surface area contributed by atoms with Crippen LogP contribution in [0.25, 0.3) is 10.9 Å². The predicted octanol–water partition coefficient (Wildman–Crippen LogP) is 3.35. The molecule has 0 fully saturated rings. The van der Waals surface area contributed by atoms with E-state index in [9.17, 15) is 8.42 Å². The van der Waals surface area contributed by atoms with E-state index in [0.29, 0.717) is 18.5 Å². The molecule has 0 atom stereocenters. The minimum absolute atomic E-state index is 0.228. The fraction of sp³-hybridized carbons (Fsp3) is 0.250. The Hall–Kier alpha value is -2.44. The smallest absolute Gasteiger partial charge is 0.242 e. The number of hydrogen-bond acceptors (Lipinski definition) is 4. The average Bonchev–Trinajstić information content (AvgIpc) is 2.65. The highest BCUT2D eigenvalue weighted by Crippen LogP contribution is 2.21. The molecule has 0 unspecified atom stereocenters. The SMILES string of the molecule is Cc1cnc2c(S(=O)(=O)NCCCN(C)c3ccccc3)cccc2c1. The molecule has 5 nitrogen and oxygen atoms in total. The number of sulfonamides is 1. The van der Waals surface area contributed by atoms with Crippen molar-refractivity contribution >= 4 is 26.6 Å². The number of nitrogens with one attached hydrogen (secondary N) is 1. The van der Waals surface area contributed by atoms with Crippen LogP contribution in [0.5, 0.6) is 0 Å². The van der Waals surface area contributed by atoms with Crippen LogP contribution in [-0.2, 0) is 10.0 Å². The van der Waals surface area contributed by atoms with E-state index in [1.54, 1.807) is 18.3 Å². The van der Waals surface area contributed by atoms with E-state index in [4.69, 9.17) is 0 Å². The van der Waals surface area contributed by atoms with Crippen LogP contribution in [0.2, 0.25) is 0 Å². The van der Waals surface area contributed by atoms with Crippen molar-refractivity contribution in [1.29, 1.82) is 0 Å². The maximum absolute atomic E-state index is 12.7. The van der Waals surface area contributed by atoms with Crippen LogP contribution in [0, 0.1) is 6.92 Å². The summed E-state index contributed by atoms with van der Waals surface area (Å²) in [6.07, 6.45) is 2.40. The van der Waals surface area contributed by atoms with Gasteiger partial charge in [-0.3, -0.25) is 4.98 Å². The summed E-state index contributed by atoms with van der Waals surface area (Å²) in [5.41, 5.74) is 2.62. The number of fused-ring (bicyclic) bond motifs is 1. The van der Waals surface area contributed by atoms with Gasteiger partial charge in [-0.25, -0.2) is 13.1 Å². The quantitative estimate of drug-likeness (QED) is 0.649. The third-order valence-corrected chi connectivity index (χ3v) is 5.75. The van der Waals surface area contributed by atoms with E-state index in [-0.39, 0.29) is 4.90 Å². The summed E-state index contributed by atoms with van der Waals surface area (Å²) < 4.78 is 28.1. The van der Waals surface area contributed by atoms with E-state index >= 15 is 0 Å². The van der Waals surface area contributed by atoms with Gasteiger partial charge in [0.25, 0.3) is 0 Å². The summed E-state index contributed by atoms with van der Waals surface area (Å²) in [6.45, 7) is 3.08. The van der Waals surface area contributed by atoms with Gasteiger partial charge in [0.15, 0.2) is 0 Å². The molecule has 2 aromatic carbocycles. The fourth-order valence-electron chi connectivity index (χ4n) is 2.87. The molecule has 1 heterocycles. The molecular weight excluding hydrogens is 346 g/mol. The van der Waals surface area contributed by atoms with Gasteiger partial charge in [-0.15, -0.1) is 0 Å². The summed E-state index contributed by atoms with van der Waals surface area (Å²) in [5.74, 6) is 0. The Kier molecular flexibility index (Phi) is 5.54. The van der Waals surface area contributed by atoms with Gasteiger partial charge in [0.05, 0.1) is 5.52 Å². The van der Waals surface area contributed by atoms with Gasteiger partial charge in [-0.05, 0) is 43.2 Å². The lowest BCUT2D eigenvalue weighted by Crippen LogP contribution is -2.28. The van der Waals surface area contributed by atoms with Crippen molar-refractivity contribution in [2.75, 3.05) is 25.0 Å². The maximum atomic E-state index is 12.7. The number of para-hydroxylation sites is 2. The van der Waals surface area contributed by atoms with Crippen molar-refractivity contribution in [1.82, 2.24) is 9.71 Å². The van der Waals surface area contributed by atoms with Crippen molar-refractivity contribution in [2.45, 2.75) is 18.2 Å². The number of benzene rings is 2. The fourth-order valence-corrected chi connectivity index (χ4v) is 4.12. The van der Waals surface area contributed by atoms with Gasteiger partial charge in [0, 0.05) is 37.4 Å². The highest BCUT2D eigenvalue weighted by atomic mass is 32.2. The van der Waals surface area contributed by atoms with E-state index in [2.05, 4.69) is 14.6 Å². The highest BCUT2D eigenvalue weighted by Gasteiger charge is 2.17.